The highest BCUT2D eigenvalue weighted by Gasteiger charge is 2.15. The van der Waals surface area contributed by atoms with E-state index < -0.39 is 0 Å². The highest BCUT2D eigenvalue weighted by Crippen LogP contribution is 2.20. The Hall–Kier alpha value is -0.830. The minimum Gasteiger partial charge on any atom is -0.330 e. The Kier molecular flexibility index (Phi) is 4.33. The normalized spacial score (nSPS) is 11.3. The summed E-state index contributed by atoms with van der Waals surface area (Å²) in [7, 11) is 0. The molecule has 0 aliphatic rings. The van der Waals surface area contributed by atoms with Crippen LogP contribution in [0, 0.1) is 0 Å². The molecule has 3 heteroatoms. The van der Waals surface area contributed by atoms with Gasteiger partial charge in [-0.1, -0.05) is 13.8 Å². The van der Waals surface area contributed by atoms with Crippen LogP contribution < -0.4 is 5.73 Å². The Morgan fingerprint density at radius 1 is 1.27 bits per heavy atom. The topological polar surface area (TPSA) is 43.8 Å². The van der Waals surface area contributed by atoms with Crippen molar-refractivity contribution in [3.63, 3.8) is 0 Å². The third-order valence-electron chi connectivity index (χ3n) is 2.75. The van der Waals surface area contributed by atoms with Crippen LogP contribution in [0.1, 0.15) is 50.7 Å². The lowest BCUT2D eigenvalue weighted by atomic mass is 10.1. The standard InChI is InChI=1S/C12H23N3/c1-5-11-10(7-8-13)12(6-2)15(14-11)9(3)4/h9H,5-8,13H2,1-4H3. The molecular formula is C12H23N3. The Morgan fingerprint density at radius 2 is 1.93 bits per heavy atom. The fourth-order valence-corrected chi connectivity index (χ4v) is 2.08. The molecule has 1 aromatic heterocycles. The summed E-state index contributed by atoms with van der Waals surface area (Å²) in [6, 6.07) is 0.441. The first-order valence-electron chi connectivity index (χ1n) is 5.94. The van der Waals surface area contributed by atoms with Crippen LogP contribution in [-0.4, -0.2) is 16.3 Å². The van der Waals surface area contributed by atoms with E-state index in [9.17, 15) is 0 Å². The van der Waals surface area contributed by atoms with E-state index in [0.717, 1.165) is 19.3 Å². The Bertz CT molecular complexity index is 313. The Labute approximate surface area is 92.7 Å². The van der Waals surface area contributed by atoms with E-state index in [2.05, 4.69) is 37.5 Å². The molecule has 0 aliphatic carbocycles. The van der Waals surface area contributed by atoms with E-state index in [1.54, 1.807) is 0 Å². The molecule has 1 aromatic rings. The molecule has 1 heterocycles. The molecule has 0 spiro atoms. The third kappa shape index (κ3) is 2.40. The van der Waals surface area contributed by atoms with Crippen LogP contribution in [0.5, 0.6) is 0 Å². The summed E-state index contributed by atoms with van der Waals surface area (Å²) >= 11 is 0. The molecule has 2 N–H and O–H groups in total. The van der Waals surface area contributed by atoms with Crippen LogP contribution in [-0.2, 0) is 19.3 Å². The lowest BCUT2D eigenvalue weighted by Crippen LogP contribution is -2.09. The second-order valence-electron chi connectivity index (χ2n) is 4.16. The summed E-state index contributed by atoms with van der Waals surface area (Å²) < 4.78 is 2.16. The third-order valence-corrected chi connectivity index (χ3v) is 2.75. The summed E-state index contributed by atoms with van der Waals surface area (Å²) in [5, 5.41) is 4.68. The van der Waals surface area contributed by atoms with Gasteiger partial charge in [0, 0.05) is 11.7 Å². The van der Waals surface area contributed by atoms with Gasteiger partial charge in [0.15, 0.2) is 0 Å². The fraction of sp³-hybridized carbons (Fsp3) is 0.750. The number of aryl methyl sites for hydroxylation is 1. The molecule has 15 heavy (non-hydrogen) atoms. The van der Waals surface area contributed by atoms with Gasteiger partial charge in [-0.3, -0.25) is 4.68 Å². The molecule has 0 aromatic carbocycles. The van der Waals surface area contributed by atoms with Crippen molar-refractivity contribution in [3.8, 4) is 0 Å². The molecule has 0 atom stereocenters. The van der Waals surface area contributed by atoms with Crippen molar-refractivity contribution in [2.24, 2.45) is 5.73 Å². The van der Waals surface area contributed by atoms with Crippen molar-refractivity contribution in [1.29, 1.82) is 0 Å². The smallest absolute Gasteiger partial charge is 0.0657 e. The molecule has 0 saturated heterocycles. The summed E-state index contributed by atoms with van der Waals surface area (Å²) in [4.78, 5) is 0. The minimum absolute atomic E-state index is 0.441. The number of aromatic nitrogens is 2. The summed E-state index contributed by atoms with van der Waals surface area (Å²) in [6.07, 6.45) is 3.00. The lowest BCUT2D eigenvalue weighted by molar-refractivity contribution is 0.506. The second-order valence-corrected chi connectivity index (χ2v) is 4.16. The molecule has 0 amide bonds. The number of rotatable bonds is 5. The van der Waals surface area contributed by atoms with Gasteiger partial charge in [0.2, 0.25) is 0 Å². The average molecular weight is 209 g/mol. The van der Waals surface area contributed by atoms with Gasteiger partial charge in [-0.15, -0.1) is 0 Å². The van der Waals surface area contributed by atoms with Crippen LogP contribution in [0.2, 0.25) is 0 Å². The highest BCUT2D eigenvalue weighted by atomic mass is 15.3. The molecule has 1 rings (SSSR count). The summed E-state index contributed by atoms with van der Waals surface area (Å²) in [6.45, 7) is 9.42. The van der Waals surface area contributed by atoms with E-state index in [-0.39, 0.29) is 0 Å². The van der Waals surface area contributed by atoms with Gasteiger partial charge < -0.3 is 5.73 Å². The van der Waals surface area contributed by atoms with Crippen molar-refractivity contribution in [2.75, 3.05) is 6.54 Å². The van der Waals surface area contributed by atoms with Crippen molar-refractivity contribution < 1.29 is 0 Å². The van der Waals surface area contributed by atoms with Crippen LogP contribution >= 0.6 is 0 Å². The van der Waals surface area contributed by atoms with Crippen molar-refractivity contribution >= 4 is 0 Å². The SMILES string of the molecule is CCc1nn(C(C)C)c(CC)c1CCN. The number of nitrogens with zero attached hydrogens (tertiary/aromatic N) is 2. The monoisotopic (exact) mass is 209 g/mol. The molecule has 0 radical (unpaired) electrons. The predicted molar refractivity (Wildman–Crippen MR) is 64.1 cm³/mol. The zero-order valence-electron chi connectivity index (χ0n) is 10.4. The maximum atomic E-state index is 5.66. The maximum absolute atomic E-state index is 5.66. The molecule has 0 saturated carbocycles. The Morgan fingerprint density at radius 3 is 2.33 bits per heavy atom. The van der Waals surface area contributed by atoms with Crippen LogP contribution in [0.15, 0.2) is 0 Å². The minimum atomic E-state index is 0.441. The second kappa shape index (κ2) is 5.31. The van der Waals surface area contributed by atoms with Crippen molar-refractivity contribution in [2.45, 2.75) is 53.0 Å². The molecule has 0 fully saturated rings. The Balaban J connectivity index is 3.19. The van der Waals surface area contributed by atoms with Crippen LogP contribution in [0.3, 0.4) is 0 Å². The van der Waals surface area contributed by atoms with Crippen LogP contribution in [0.25, 0.3) is 0 Å². The average Bonchev–Trinajstić information content (AvgIpc) is 2.56. The predicted octanol–water partition coefficient (Wildman–Crippen LogP) is 2.09. The van der Waals surface area contributed by atoms with Gasteiger partial charge in [-0.2, -0.15) is 5.10 Å². The van der Waals surface area contributed by atoms with Gasteiger partial charge in [0.25, 0.3) is 0 Å². The lowest BCUT2D eigenvalue weighted by Gasteiger charge is -2.10. The van der Waals surface area contributed by atoms with E-state index in [1.807, 2.05) is 0 Å². The fourth-order valence-electron chi connectivity index (χ4n) is 2.08. The molecule has 3 nitrogen and oxygen atoms in total. The summed E-state index contributed by atoms with van der Waals surface area (Å²) in [5.41, 5.74) is 9.64. The highest BCUT2D eigenvalue weighted by molar-refractivity contribution is 5.27. The van der Waals surface area contributed by atoms with Crippen molar-refractivity contribution in [1.82, 2.24) is 9.78 Å². The molecule has 0 aliphatic heterocycles. The van der Waals surface area contributed by atoms with E-state index in [1.165, 1.54) is 17.0 Å². The zero-order chi connectivity index (χ0) is 11.4. The summed E-state index contributed by atoms with van der Waals surface area (Å²) in [5.74, 6) is 0. The molecule has 86 valence electrons. The zero-order valence-corrected chi connectivity index (χ0v) is 10.4. The van der Waals surface area contributed by atoms with Crippen LogP contribution in [0.4, 0.5) is 0 Å². The van der Waals surface area contributed by atoms with Gasteiger partial charge in [-0.25, -0.2) is 0 Å². The largest absolute Gasteiger partial charge is 0.330 e. The first kappa shape index (κ1) is 12.2. The molecule has 0 unspecified atom stereocenters. The van der Waals surface area contributed by atoms with E-state index >= 15 is 0 Å². The number of hydrogen-bond acceptors (Lipinski definition) is 2. The van der Waals surface area contributed by atoms with Gasteiger partial charge in [0.1, 0.15) is 0 Å². The van der Waals surface area contributed by atoms with Crippen molar-refractivity contribution in [3.05, 3.63) is 17.0 Å². The quantitative estimate of drug-likeness (QED) is 0.807. The van der Waals surface area contributed by atoms with E-state index in [4.69, 9.17) is 5.73 Å². The maximum Gasteiger partial charge on any atom is 0.0657 e. The molecular weight excluding hydrogens is 186 g/mol. The first-order chi connectivity index (χ1) is 7.15. The number of hydrogen-bond donors (Lipinski definition) is 1. The van der Waals surface area contributed by atoms with Gasteiger partial charge in [0.05, 0.1) is 5.69 Å². The van der Waals surface area contributed by atoms with E-state index in [0.29, 0.717) is 12.6 Å². The molecule has 0 bridgehead atoms. The van der Waals surface area contributed by atoms with Gasteiger partial charge >= 0.3 is 0 Å². The first-order valence-corrected chi connectivity index (χ1v) is 5.94. The van der Waals surface area contributed by atoms with Gasteiger partial charge in [-0.05, 0) is 45.2 Å². The number of nitrogens with two attached hydrogens (primary N) is 1.